The maximum absolute atomic E-state index is 13.0. The molecule has 1 aliphatic rings. The fraction of sp³-hybridized carbons (Fsp3) is 0.333. The predicted molar refractivity (Wildman–Crippen MR) is 88.8 cm³/mol. The first-order valence-electron chi connectivity index (χ1n) is 8.18. The normalized spacial score (nSPS) is 14.2. The van der Waals surface area contributed by atoms with Gasteiger partial charge in [0.25, 0.3) is 0 Å². The van der Waals surface area contributed by atoms with E-state index in [1.54, 1.807) is 0 Å². The Morgan fingerprint density at radius 3 is 2.67 bits per heavy atom. The molecule has 6 heteroatoms. The number of benzene rings is 1. The zero-order valence-corrected chi connectivity index (χ0v) is 13.7. The quantitative estimate of drug-likeness (QED) is 0.724. The number of hydrogen-bond donors (Lipinski definition) is 0. The summed E-state index contributed by atoms with van der Waals surface area (Å²) in [6, 6.07) is 8.65. The van der Waals surface area contributed by atoms with Gasteiger partial charge in [0.15, 0.2) is 0 Å². The minimum Gasteiger partial charge on any atom is -0.291 e. The molecule has 5 nitrogen and oxygen atoms in total. The van der Waals surface area contributed by atoms with Crippen molar-refractivity contribution < 1.29 is 4.39 Å². The first-order chi connectivity index (χ1) is 11.7. The summed E-state index contributed by atoms with van der Waals surface area (Å²) in [4.78, 5) is 2.41. The summed E-state index contributed by atoms with van der Waals surface area (Å²) in [6.07, 6.45) is 3.98. The van der Waals surface area contributed by atoms with Gasteiger partial charge in [-0.15, -0.1) is 0 Å². The van der Waals surface area contributed by atoms with E-state index in [0.717, 1.165) is 37.4 Å². The zero-order valence-electron chi connectivity index (χ0n) is 13.7. The molecule has 0 fully saturated rings. The molecule has 0 atom stereocenters. The highest BCUT2D eigenvalue weighted by molar-refractivity contribution is 5.24. The van der Waals surface area contributed by atoms with Gasteiger partial charge in [-0.3, -0.25) is 14.3 Å². The maximum atomic E-state index is 13.0. The van der Waals surface area contributed by atoms with Gasteiger partial charge in [-0.2, -0.15) is 10.2 Å². The number of aryl methyl sites for hydroxylation is 1. The molecule has 0 amide bonds. The molecule has 0 radical (unpaired) electrons. The van der Waals surface area contributed by atoms with Crippen LogP contribution in [0.4, 0.5) is 4.39 Å². The van der Waals surface area contributed by atoms with Crippen LogP contribution in [0.2, 0.25) is 0 Å². The van der Waals surface area contributed by atoms with E-state index in [4.69, 9.17) is 0 Å². The van der Waals surface area contributed by atoms with Crippen LogP contribution >= 0.6 is 0 Å². The molecule has 1 aliphatic heterocycles. The molecule has 24 heavy (non-hydrogen) atoms. The fourth-order valence-corrected chi connectivity index (χ4v) is 3.16. The van der Waals surface area contributed by atoms with Gasteiger partial charge in [0, 0.05) is 31.4 Å². The molecule has 0 aliphatic carbocycles. The largest absolute Gasteiger partial charge is 0.291 e. The van der Waals surface area contributed by atoms with Crippen molar-refractivity contribution in [3.05, 3.63) is 71.1 Å². The lowest BCUT2D eigenvalue weighted by Gasteiger charge is -2.15. The average molecular weight is 325 g/mol. The van der Waals surface area contributed by atoms with Crippen LogP contribution in [-0.4, -0.2) is 31.0 Å². The lowest BCUT2D eigenvalue weighted by molar-refractivity contribution is 0.260. The minimum atomic E-state index is -0.204. The Kier molecular flexibility index (Phi) is 3.90. The lowest BCUT2D eigenvalue weighted by atomic mass is 10.2. The Morgan fingerprint density at radius 1 is 1.08 bits per heavy atom. The highest BCUT2D eigenvalue weighted by Crippen LogP contribution is 2.23. The van der Waals surface area contributed by atoms with Gasteiger partial charge in [0.1, 0.15) is 5.82 Å². The third-order valence-corrected chi connectivity index (χ3v) is 4.47. The smallest absolute Gasteiger partial charge is 0.123 e. The van der Waals surface area contributed by atoms with E-state index in [1.807, 2.05) is 46.9 Å². The monoisotopic (exact) mass is 325 g/mol. The van der Waals surface area contributed by atoms with Crippen LogP contribution < -0.4 is 0 Å². The van der Waals surface area contributed by atoms with E-state index >= 15 is 0 Å². The van der Waals surface area contributed by atoms with E-state index < -0.39 is 0 Å². The van der Waals surface area contributed by atoms with Crippen molar-refractivity contribution in [2.75, 3.05) is 6.54 Å². The maximum Gasteiger partial charge on any atom is 0.123 e. The molecule has 3 heterocycles. The highest BCUT2D eigenvalue weighted by atomic mass is 19.1. The molecule has 0 saturated carbocycles. The SMILES string of the molecule is Cc1ccn(CCN2Cc3cnn(Cc4ccc(F)cc4)c3C2)n1. The Labute approximate surface area is 140 Å². The van der Waals surface area contributed by atoms with Crippen molar-refractivity contribution in [3.63, 3.8) is 0 Å². The topological polar surface area (TPSA) is 38.9 Å². The molecular weight excluding hydrogens is 305 g/mol. The van der Waals surface area contributed by atoms with Gasteiger partial charge in [-0.1, -0.05) is 12.1 Å². The molecule has 0 unspecified atom stereocenters. The Hall–Kier alpha value is -2.47. The number of halogens is 1. The first kappa shape index (κ1) is 15.1. The Morgan fingerprint density at radius 2 is 1.92 bits per heavy atom. The highest BCUT2D eigenvalue weighted by Gasteiger charge is 2.23. The number of rotatable bonds is 5. The minimum absolute atomic E-state index is 0.204. The molecule has 0 N–H and O–H groups in total. The van der Waals surface area contributed by atoms with Gasteiger partial charge < -0.3 is 0 Å². The molecule has 124 valence electrons. The van der Waals surface area contributed by atoms with E-state index in [-0.39, 0.29) is 5.82 Å². The van der Waals surface area contributed by atoms with Gasteiger partial charge in [-0.05, 0) is 30.7 Å². The van der Waals surface area contributed by atoms with E-state index in [2.05, 4.69) is 15.1 Å². The summed E-state index contributed by atoms with van der Waals surface area (Å²) in [5.74, 6) is -0.204. The number of aromatic nitrogens is 4. The second-order valence-corrected chi connectivity index (χ2v) is 6.33. The zero-order chi connectivity index (χ0) is 16.5. The predicted octanol–water partition coefficient (Wildman–Crippen LogP) is 2.59. The van der Waals surface area contributed by atoms with Crippen LogP contribution in [0.5, 0.6) is 0 Å². The van der Waals surface area contributed by atoms with Gasteiger partial charge in [0.2, 0.25) is 0 Å². The number of fused-ring (bicyclic) bond motifs is 1. The Balaban J connectivity index is 1.39. The van der Waals surface area contributed by atoms with Crippen LogP contribution in [0.25, 0.3) is 0 Å². The van der Waals surface area contributed by atoms with E-state index in [9.17, 15) is 4.39 Å². The molecule has 0 spiro atoms. The fourth-order valence-electron chi connectivity index (χ4n) is 3.16. The molecule has 0 bridgehead atoms. The number of nitrogens with zero attached hydrogens (tertiary/aromatic N) is 5. The van der Waals surface area contributed by atoms with E-state index in [0.29, 0.717) is 6.54 Å². The second-order valence-electron chi connectivity index (χ2n) is 6.33. The molecule has 0 saturated heterocycles. The number of hydrogen-bond acceptors (Lipinski definition) is 3. The van der Waals surface area contributed by atoms with Crippen LogP contribution in [0.1, 0.15) is 22.5 Å². The van der Waals surface area contributed by atoms with Crippen LogP contribution in [0.3, 0.4) is 0 Å². The van der Waals surface area contributed by atoms with Crippen molar-refractivity contribution in [1.82, 2.24) is 24.5 Å². The van der Waals surface area contributed by atoms with E-state index in [1.165, 1.54) is 23.4 Å². The van der Waals surface area contributed by atoms with Crippen molar-refractivity contribution in [2.45, 2.75) is 33.1 Å². The molecule has 4 rings (SSSR count). The average Bonchev–Trinajstić information content (AvgIpc) is 3.25. The van der Waals surface area contributed by atoms with Crippen molar-refractivity contribution >= 4 is 0 Å². The first-order valence-corrected chi connectivity index (χ1v) is 8.18. The second kappa shape index (κ2) is 6.20. The third kappa shape index (κ3) is 3.10. The molecular formula is C18H20FN5. The van der Waals surface area contributed by atoms with Crippen LogP contribution in [-0.2, 0) is 26.2 Å². The summed E-state index contributed by atoms with van der Waals surface area (Å²) >= 11 is 0. The van der Waals surface area contributed by atoms with Crippen molar-refractivity contribution in [2.24, 2.45) is 0 Å². The van der Waals surface area contributed by atoms with Crippen molar-refractivity contribution in [3.8, 4) is 0 Å². The summed E-state index contributed by atoms with van der Waals surface area (Å²) < 4.78 is 17.0. The molecule has 3 aromatic rings. The standard InChI is InChI=1S/C18H20FN5/c1-14-6-7-23(21-14)9-8-22-12-16-10-20-24(18(16)13-22)11-15-2-4-17(19)5-3-15/h2-7,10H,8-9,11-13H2,1H3. The Bertz CT molecular complexity index is 833. The summed E-state index contributed by atoms with van der Waals surface area (Å²) in [6.45, 7) is 6.37. The molecule has 1 aromatic carbocycles. The summed E-state index contributed by atoms with van der Waals surface area (Å²) in [5.41, 5.74) is 4.66. The third-order valence-electron chi connectivity index (χ3n) is 4.47. The lowest BCUT2D eigenvalue weighted by Crippen LogP contribution is -2.23. The van der Waals surface area contributed by atoms with Gasteiger partial charge in [-0.25, -0.2) is 4.39 Å². The summed E-state index contributed by atoms with van der Waals surface area (Å²) in [7, 11) is 0. The summed E-state index contributed by atoms with van der Waals surface area (Å²) in [5, 5.41) is 8.92. The van der Waals surface area contributed by atoms with Crippen LogP contribution in [0.15, 0.2) is 42.7 Å². The molecule has 2 aromatic heterocycles. The van der Waals surface area contributed by atoms with Gasteiger partial charge >= 0.3 is 0 Å². The van der Waals surface area contributed by atoms with Gasteiger partial charge in [0.05, 0.1) is 30.7 Å². The van der Waals surface area contributed by atoms with Crippen LogP contribution in [0, 0.1) is 12.7 Å². The van der Waals surface area contributed by atoms with Crippen molar-refractivity contribution in [1.29, 1.82) is 0 Å².